The molecule has 0 saturated carbocycles. The number of aromatic nitrogens is 3. The topological polar surface area (TPSA) is 58.3 Å². The van der Waals surface area contributed by atoms with Crippen molar-refractivity contribution in [2.75, 3.05) is 31.1 Å². The Morgan fingerprint density at radius 2 is 1.73 bits per heavy atom. The molecule has 0 radical (unpaired) electrons. The first kappa shape index (κ1) is 20.1. The maximum atomic E-state index is 5.53. The van der Waals surface area contributed by atoms with Gasteiger partial charge < -0.3 is 9.32 Å². The molecule has 1 fully saturated rings. The van der Waals surface area contributed by atoms with Gasteiger partial charge in [-0.15, -0.1) is 11.3 Å². The van der Waals surface area contributed by atoms with E-state index in [1.807, 2.05) is 36.4 Å². The summed E-state index contributed by atoms with van der Waals surface area (Å²) in [4.78, 5) is 21.4. The fourth-order valence-electron chi connectivity index (χ4n) is 4.24. The molecule has 6 nitrogen and oxygen atoms in total. The molecular formula is C26H23N5OS. The number of nitrogens with zero attached hydrogens (tertiary/aromatic N) is 5. The molecule has 0 amide bonds. The first-order valence-corrected chi connectivity index (χ1v) is 11.9. The highest BCUT2D eigenvalue weighted by Crippen LogP contribution is 2.38. The molecule has 1 aliphatic rings. The smallest absolute Gasteiger partial charge is 0.181 e. The Morgan fingerprint density at radius 1 is 0.879 bits per heavy atom. The number of benzene rings is 1. The molecule has 1 aliphatic heterocycles. The normalized spacial score (nSPS) is 14.7. The molecule has 164 valence electrons. The first-order valence-electron chi connectivity index (χ1n) is 11.1. The van der Waals surface area contributed by atoms with Crippen molar-refractivity contribution in [1.82, 2.24) is 19.9 Å². The van der Waals surface area contributed by atoms with E-state index in [1.54, 1.807) is 23.8 Å². The summed E-state index contributed by atoms with van der Waals surface area (Å²) in [6.07, 6.45) is 3.53. The van der Waals surface area contributed by atoms with Crippen molar-refractivity contribution in [3.8, 4) is 22.0 Å². The third kappa shape index (κ3) is 4.13. The first-order chi connectivity index (χ1) is 16.3. The summed E-state index contributed by atoms with van der Waals surface area (Å²) in [5, 5.41) is 1.11. The Bertz CT molecular complexity index is 1340. The van der Waals surface area contributed by atoms with Gasteiger partial charge >= 0.3 is 0 Å². The minimum absolute atomic E-state index is 0.678. The lowest BCUT2D eigenvalue weighted by atomic mass is 10.1. The molecule has 1 saturated heterocycles. The summed E-state index contributed by atoms with van der Waals surface area (Å²) in [5.74, 6) is 2.69. The van der Waals surface area contributed by atoms with Crippen LogP contribution in [0.15, 0.2) is 83.6 Å². The molecule has 0 bridgehead atoms. The second kappa shape index (κ2) is 8.77. The lowest BCUT2D eigenvalue weighted by molar-refractivity contribution is 0.230. The molecule has 0 spiro atoms. The Balaban J connectivity index is 1.36. The molecular weight excluding hydrogens is 430 g/mol. The SMILES string of the molecule is c1ccc(-c2cc3c(N4CCN(Cc5ccco5)CC4)nc(-c4ccccn4)nc3s2)cc1. The molecule has 0 unspecified atom stereocenters. The molecule has 6 rings (SSSR count). The van der Waals surface area contributed by atoms with Gasteiger partial charge in [-0.3, -0.25) is 9.88 Å². The van der Waals surface area contributed by atoms with Crippen LogP contribution in [-0.2, 0) is 6.54 Å². The predicted octanol–water partition coefficient (Wildman–Crippen LogP) is 5.34. The van der Waals surface area contributed by atoms with Gasteiger partial charge in [0.25, 0.3) is 0 Å². The van der Waals surface area contributed by atoms with E-state index in [1.165, 1.54) is 10.4 Å². The van der Waals surface area contributed by atoms with Crippen LogP contribution in [0.25, 0.3) is 32.2 Å². The molecule has 33 heavy (non-hydrogen) atoms. The van der Waals surface area contributed by atoms with Crippen molar-refractivity contribution in [2.24, 2.45) is 0 Å². The molecule has 7 heteroatoms. The number of hydrogen-bond acceptors (Lipinski definition) is 7. The summed E-state index contributed by atoms with van der Waals surface area (Å²) in [5.41, 5.74) is 2.00. The van der Waals surface area contributed by atoms with Crippen molar-refractivity contribution in [3.63, 3.8) is 0 Å². The molecule has 5 heterocycles. The third-order valence-electron chi connectivity index (χ3n) is 5.96. The maximum absolute atomic E-state index is 5.53. The van der Waals surface area contributed by atoms with Gasteiger partial charge in [-0.1, -0.05) is 36.4 Å². The minimum Gasteiger partial charge on any atom is -0.468 e. The van der Waals surface area contributed by atoms with Gasteiger partial charge in [-0.25, -0.2) is 9.97 Å². The third-order valence-corrected chi connectivity index (χ3v) is 7.03. The minimum atomic E-state index is 0.678. The van der Waals surface area contributed by atoms with Gasteiger partial charge in [0, 0.05) is 37.3 Å². The van der Waals surface area contributed by atoms with E-state index in [0.29, 0.717) is 5.82 Å². The van der Waals surface area contributed by atoms with Gasteiger partial charge in [0.2, 0.25) is 0 Å². The Kier molecular flexibility index (Phi) is 5.34. The number of piperazine rings is 1. The number of fused-ring (bicyclic) bond motifs is 1. The van der Waals surface area contributed by atoms with E-state index < -0.39 is 0 Å². The van der Waals surface area contributed by atoms with Crippen LogP contribution >= 0.6 is 11.3 Å². The summed E-state index contributed by atoms with van der Waals surface area (Å²) >= 11 is 1.71. The Labute approximate surface area is 196 Å². The van der Waals surface area contributed by atoms with Crippen molar-refractivity contribution < 1.29 is 4.42 Å². The van der Waals surface area contributed by atoms with Gasteiger partial charge in [-0.2, -0.15) is 0 Å². The van der Waals surface area contributed by atoms with E-state index >= 15 is 0 Å². The van der Waals surface area contributed by atoms with Crippen molar-refractivity contribution in [2.45, 2.75) is 6.54 Å². The van der Waals surface area contributed by atoms with Crippen LogP contribution < -0.4 is 4.90 Å². The average Bonchev–Trinajstić information content (AvgIpc) is 3.55. The lowest BCUT2D eigenvalue weighted by Gasteiger charge is -2.35. The Morgan fingerprint density at radius 3 is 2.48 bits per heavy atom. The van der Waals surface area contributed by atoms with Crippen molar-refractivity contribution in [1.29, 1.82) is 0 Å². The number of hydrogen-bond donors (Lipinski definition) is 0. The summed E-state index contributed by atoms with van der Waals surface area (Å²) < 4.78 is 5.53. The van der Waals surface area contributed by atoms with E-state index in [-0.39, 0.29) is 0 Å². The van der Waals surface area contributed by atoms with Crippen LogP contribution in [0.5, 0.6) is 0 Å². The fraction of sp³-hybridized carbons (Fsp3) is 0.192. The highest BCUT2D eigenvalue weighted by molar-refractivity contribution is 7.22. The monoisotopic (exact) mass is 453 g/mol. The zero-order chi connectivity index (χ0) is 22.0. The number of thiophene rings is 1. The van der Waals surface area contributed by atoms with Crippen molar-refractivity contribution in [3.05, 3.63) is 85.0 Å². The second-order valence-electron chi connectivity index (χ2n) is 8.12. The van der Waals surface area contributed by atoms with E-state index in [4.69, 9.17) is 14.4 Å². The van der Waals surface area contributed by atoms with Gasteiger partial charge in [0.15, 0.2) is 5.82 Å². The largest absolute Gasteiger partial charge is 0.468 e. The quantitative estimate of drug-likeness (QED) is 0.358. The zero-order valence-electron chi connectivity index (χ0n) is 18.1. The van der Waals surface area contributed by atoms with E-state index in [9.17, 15) is 0 Å². The number of anilines is 1. The van der Waals surface area contributed by atoms with Crippen LogP contribution in [0, 0.1) is 0 Å². The van der Waals surface area contributed by atoms with Crippen LogP contribution in [0.2, 0.25) is 0 Å². The van der Waals surface area contributed by atoms with E-state index in [2.05, 4.69) is 45.1 Å². The Hall–Kier alpha value is -3.55. The number of furan rings is 1. The molecule has 0 aliphatic carbocycles. The highest BCUT2D eigenvalue weighted by Gasteiger charge is 2.23. The second-order valence-corrected chi connectivity index (χ2v) is 9.15. The summed E-state index contributed by atoms with van der Waals surface area (Å²) in [6.45, 7) is 4.58. The number of rotatable bonds is 5. The fourth-order valence-corrected chi connectivity index (χ4v) is 5.27. The summed E-state index contributed by atoms with van der Waals surface area (Å²) in [6, 6.07) is 22.6. The zero-order valence-corrected chi connectivity index (χ0v) is 18.9. The van der Waals surface area contributed by atoms with Crippen LogP contribution in [0.1, 0.15) is 5.76 Å². The maximum Gasteiger partial charge on any atom is 0.181 e. The average molecular weight is 454 g/mol. The molecule has 0 atom stereocenters. The van der Waals surface area contributed by atoms with Crippen LogP contribution in [-0.4, -0.2) is 46.0 Å². The van der Waals surface area contributed by atoms with Gasteiger partial charge in [0.1, 0.15) is 22.1 Å². The standard InChI is InChI=1S/C26H23N5OS/c1-2-7-19(8-3-1)23-17-21-25(28-24(29-26(21)33-23)22-10-4-5-11-27-22)31-14-12-30(13-15-31)18-20-9-6-16-32-20/h1-11,16-17H,12-15,18H2. The van der Waals surface area contributed by atoms with Crippen LogP contribution in [0.4, 0.5) is 5.82 Å². The molecule has 1 aromatic carbocycles. The van der Waals surface area contributed by atoms with Gasteiger partial charge in [-0.05, 0) is 35.9 Å². The predicted molar refractivity (Wildman–Crippen MR) is 132 cm³/mol. The van der Waals surface area contributed by atoms with Gasteiger partial charge in [0.05, 0.1) is 18.2 Å². The molecule has 4 aromatic heterocycles. The molecule has 0 N–H and O–H groups in total. The highest BCUT2D eigenvalue weighted by atomic mass is 32.1. The lowest BCUT2D eigenvalue weighted by Crippen LogP contribution is -2.46. The van der Waals surface area contributed by atoms with E-state index in [0.717, 1.165) is 60.2 Å². The number of pyridine rings is 1. The molecule has 5 aromatic rings. The van der Waals surface area contributed by atoms with Crippen molar-refractivity contribution >= 4 is 27.4 Å². The van der Waals surface area contributed by atoms with Crippen LogP contribution in [0.3, 0.4) is 0 Å². The summed E-state index contributed by atoms with van der Waals surface area (Å²) in [7, 11) is 0.